The van der Waals surface area contributed by atoms with Crippen LogP contribution in [0.5, 0.6) is 11.5 Å². The quantitative estimate of drug-likeness (QED) is 0.350. The van der Waals surface area contributed by atoms with E-state index in [-0.39, 0.29) is 6.03 Å². The Morgan fingerprint density at radius 1 is 0.946 bits per heavy atom. The van der Waals surface area contributed by atoms with Crippen LogP contribution in [0.25, 0.3) is 17.0 Å². The van der Waals surface area contributed by atoms with Crippen molar-refractivity contribution in [2.75, 3.05) is 14.2 Å². The first-order valence-electron chi connectivity index (χ1n) is 11.9. The van der Waals surface area contributed by atoms with E-state index in [4.69, 9.17) is 19.0 Å². The number of carbonyl (C=O) groups is 1. The van der Waals surface area contributed by atoms with Crippen molar-refractivity contribution in [3.05, 3.63) is 101 Å². The first-order valence-corrected chi connectivity index (χ1v) is 11.9. The minimum atomic E-state index is -0.487. The molecule has 0 radical (unpaired) electrons. The van der Waals surface area contributed by atoms with Gasteiger partial charge in [0.15, 0.2) is 0 Å². The van der Waals surface area contributed by atoms with Gasteiger partial charge in [0, 0.05) is 16.8 Å². The molecule has 3 aromatic carbocycles. The standard InChI is InChI=1S/C29H28N4O4/c1-18-9-11-21(12-10-18)27-31-28(37-32-27)25-19(2)33(17-22-7-5-6-8-24(22)36-4)29(34)30-26(25)20-13-15-23(35-3)16-14-20/h5-16,26H,17H2,1-4H3,(H,30,34). The number of para-hydroxylation sites is 1. The molecule has 1 aliphatic heterocycles. The van der Waals surface area contributed by atoms with Crippen molar-refractivity contribution in [3.63, 3.8) is 0 Å². The molecule has 1 atom stereocenters. The lowest BCUT2D eigenvalue weighted by molar-refractivity contribution is 0.202. The normalized spacial score (nSPS) is 15.5. The number of hydrogen-bond donors (Lipinski definition) is 1. The van der Waals surface area contributed by atoms with Crippen LogP contribution in [0.1, 0.15) is 35.5 Å². The molecule has 0 aliphatic carbocycles. The summed E-state index contributed by atoms with van der Waals surface area (Å²) in [5.74, 6) is 2.27. The third kappa shape index (κ3) is 4.78. The average molecular weight is 497 g/mol. The number of nitrogens with zero attached hydrogens (tertiary/aromatic N) is 3. The highest BCUT2D eigenvalue weighted by molar-refractivity contribution is 5.87. The van der Waals surface area contributed by atoms with Crippen molar-refractivity contribution < 1.29 is 18.8 Å². The van der Waals surface area contributed by atoms with Crippen molar-refractivity contribution in [1.82, 2.24) is 20.4 Å². The van der Waals surface area contributed by atoms with Gasteiger partial charge in [0.05, 0.1) is 32.4 Å². The summed E-state index contributed by atoms with van der Waals surface area (Å²) in [4.78, 5) is 19.8. The van der Waals surface area contributed by atoms with E-state index < -0.39 is 6.04 Å². The molecule has 4 aromatic rings. The van der Waals surface area contributed by atoms with Gasteiger partial charge >= 0.3 is 6.03 Å². The number of urea groups is 1. The topological polar surface area (TPSA) is 89.7 Å². The fraction of sp³-hybridized carbons (Fsp3) is 0.207. The number of hydrogen-bond acceptors (Lipinski definition) is 6. The highest BCUT2D eigenvalue weighted by Crippen LogP contribution is 2.38. The van der Waals surface area contributed by atoms with Gasteiger partial charge in [-0.3, -0.25) is 4.90 Å². The Morgan fingerprint density at radius 2 is 1.68 bits per heavy atom. The Bertz CT molecular complexity index is 1440. The van der Waals surface area contributed by atoms with Gasteiger partial charge in [0.25, 0.3) is 5.89 Å². The molecule has 188 valence electrons. The highest BCUT2D eigenvalue weighted by Gasteiger charge is 2.36. The lowest BCUT2D eigenvalue weighted by Gasteiger charge is -2.35. The predicted molar refractivity (Wildman–Crippen MR) is 140 cm³/mol. The maximum Gasteiger partial charge on any atom is 0.322 e. The summed E-state index contributed by atoms with van der Waals surface area (Å²) in [5, 5.41) is 7.38. The number of ether oxygens (including phenoxy) is 2. The Labute approximate surface area is 215 Å². The molecule has 0 bridgehead atoms. The predicted octanol–water partition coefficient (Wildman–Crippen LogP) is 5.76. The van der Waals surface area contributed by atoms with Gasteiger partial charge in [-0.1, -0.05) is 65.3 Å². The summed E-state index contributed by atoms with van der Waals surface area (Å²) in [6, 6.07) is 22.4. The smallest absolute Gasteiger partial charge is 0.322 e. The van der Waals surface area contributed by atoms with E-state index in [9.17, 15) is 4.79 Å². The number of rotatable bonds is 7. The fourth-order valence-corrected chi connectivity index (χ4v) is 4.45. The summed E-state index contributed by atoms with van der Waals surface area (Å²) in [5.41, 5.74) is 5.20. The van der Waals surface area contributed by atoms with Crippen LogP contribution < -0.4 is 14.8 Å². The van der Waals surface area contributed by atoms with Crippen LogP contribution >= 0.6 is 0 Å². The SMILES string of the molecule is COc1ccc(C2NC(=O)N(Cc3ccccc3OC)C(C)=C2c2nc(-c3ccc(C)cc3)no2)cc1. The van der Waals surface area contributed by atoms with Gasteiger partial charge in [-0.05, 0) is 37.6 Å². The second-order valence-corrected chi connectivity index (χ2v) is 8.84. The number of benzene rings is 3. The van der Waals surface area contributed by atoms with E-state index in [0.29, 0.717) is 24.0 Å². The van der Waals surface area contributed by atoms with Crippen LogP contribution in [-0.2, 0) is 6.54 Å². The van der Waals surface area contributed by atoms with Crippen molar-refractivity contribution >= 4 is 11.6 Å². The molecule has 1 unspecified atom stereocenters. The molecule has 8 nitrogen and oxygen atoms in total. The van der Waals surface area contributed by atoms with Crippen LogP contribution in [0.4, 0.5) is 4.79 Å². The molecular weight excluding hydrogens is 468 g/mol. The molecule has 0 spiro atoms. The van der Waals surface area contributed by atoms with Gasteiger partial charge in [0.1, 0.15) is 11.5 Å². The fourth-order valence-electron chi connectivity index (χ4n) is 4.45. The minimum absolute atomic E-state index is 0.230. The molecule has 1 aliphatic rings. The van der Waals surface area contributed by atoms with Gasteiger partial charge in [-0.15, -0.1) is 0 Å². The van der Waals surface area contributed by atoms with E-state index in [1.165, 1.54) is 0 Å². The number of allylic oxidation sites excluding steroid dienone is 1. The largest absolute Gasteiger partial charge is 0.497 e. The second kappa shape index (κ2) is 10.2. The zero-order chi connectivity index (χ0) is 25.9. The van der Waals surface area contributed by atoms with Crippen LogP contribution in [0, 0.1) is 6.92 Å². The lowest BCUT2D eigenvalue weighted by Crippen LogP contribution is -2.45. The number of methoxy groups -OCH3 is 2. The lowest BCUT2D eigenvalue weighted by atomic mass is 9.94. The third-order valence-electron chi connectivity index (χ3n) is 6.53. The summed E-state index contributed by atoms with van der Waals surface area (Å²) in [6.45, 7) is 4.25. The Kier molecular flexibility index (Phi) is 6.64. The number of nitrogens with one attached hydrogen (secondary N) is 1. The molecule has 2 amide bonds. The number of carbonyl (C=O) groups excluding carboxylic acids is 1. The Balaban J connectivity index is 1.59. The molecule has 37 heavy (non-hydrogen) atoms. The molecule has 1 aromatic heterocycles. The number of aromatic nitrogens is 2. The summed E-state index contributed by atoms with van der Waals surface area (Å²) in [7, 11) is 3.24. The van der Waals surface area contributed by atoms with Gasteiger partial charge in [-0.25, -0.2) is 4.79 Å². The van der Waals surface area contributed by atoms with Gasteiger partial charge < -0.3 is 19.3 Å². The molecule has 0 fully saturated rings. The number of amides is 2. The minimum Gasteiger partial charge on any atom is -0.497 e. The maximum atomic E-state index is 13.4. The molecule has 8 heteroatoms. The van der Waals surface area contributed by atoms with E-state index in [1.807, 2.05) is 86.6 Å². The van der Waals surface area contributed by atoms with Crippen molar-refractivity contribution in [3.8, 4) is 22.9 Å². The zero-order valence-corrected chi connectivity index (χ0v) is 21.2. The Morgan fingerprint density at radius 3 is 2.38 bits per heavy atom. The van der Waals surface area contributed by atoms with Gasteiger partial charge in [0.2, 0.25) is 5.82 Å². The van der Waals surface area contributed by atoms with E-state index >= 15 is 0 Å². The first-order chi connectivity index (χ1) is 18.0. The van der Waals surface area contributed by atoms with Crippen LogP contribution in [0.2, 0.25) is 0 Å². The van der Waals surface area contributed by atoms with Crippen molar-refractivity contribution in [2.24, 2.45) is 0 Å². The van der Waals surface area contributed by atoms with Crippen LogP contribution in [0.3, 0.4) is 0 Å². The molecule has 2 heterocycles. The molecule has 0 saturated heterocycles. The first kappa shape index (κ1) is 24.1. The average Bonchev–Trinajstić information content (AvgIpc) is 3.41. The summed E-state index contributed by atoms with van der Waals surface area (Å²) >= 11 is 0. The molecular formula is C29H28N4O4. The molecule has 0 saturated carbocycles. The van der Waals surface area contributed by atoms with Crippen molar-refractivity contribution in [1.29, 1.82) is 0 Å². The van der Waals surface area contributed by atoms with Gasteiger partial charge in [-0.2, -0.15) is 4.98 Å². The number of aryl methyl sites for hydroxylation is 1. The van der Waals surface area contributed by atoms with E-state index in [1.54, 1.807) is 19.1 Å². The zero-order valence-electron chi connectivity index (χ0n) is 21.2. The van der Waals surface area contributed by atoms with Crippen LogP contribution in [0.15, 0.2) is 83.0 Å². The van der Waals surface area contributed by atoms with E-state index in [0.717, 1.165) is 39.3 Å². The Hall–Kier alpha value is -4.59. The summed E-state index contributed by atoms with van der Waals surface area (Å²) < 4.78 is 16.6. The second-order valence-electron chi connectivity index (χ2n) is 8.84. The highest BCUT2D eigenvalue weighted by atomic mass is 16.5. The van der Waals surface area contributed by atoms with E-state index in [2.05, 4.69) is 10.5 Å². The maximum absolute atomic E-state index is 13.4. The molecule has 1 N–H and O–H groups in total. The van der Waals surface area contributed by atoms with Crippen molar-refractivity contribution in [2.45, 2.75) is 26.4 Å². The summed E-state index contributed by atoms with van der Waals surface area (Å²) in [6.07, 6.45) is 0. The molecule has 5 rings (SSSR count). The monoisotopic (exact) mass is 496 g/mol. The third-order valence-corrected chi connectivity index (χ3v) is 6.53. The van der Waals surface area contributed by atoms with Crippen LogP contribution in [-0.4, -0.2) is 35.3 Å².